The summed E-state index contributed by atoms with van der Waals surface area (Å²) in [6, 6.07) is 17.2. The van der Waals surface area contributed by atoms with Crippen molar-refractivity contribution in [1.82, 2.24) is 19.8 Å². The van der Waals surface area contributed by atoms with Gasteiger partial charge in [0.2, 0.25) is 0 Å². The molecule has 1 aromatic heterocycles. The zero-order chi connectivity index (χ0) is 20.8. The molecule has 0 N–H and O–H groups in total. The monoisotopic (exact) mass is 422 g/mol. The Bertz CT molecular complexity index is 974. The van der Waals surface area contributed by atoms with E-state index >= 15 is 0 Å². The number of carbonyl (C=O) groups is 1. The van der Waals surface area contributed by atoms with Gasteiger partial charge < -0.3 is 9.64 Å². The van der Waals surface area contributed by atoms with Crippen LogP contribution in [0.1, 0.15) is 10.4 Å². The first-order chi connectivity index (χ1) is 14.7. The first-order valence-corrected chi connectivity index (χ1v) is 10.3. The van der Waals surface area contributed by atoms with Gasteiger partial charge in [-0.15, -0.1) is 0 Å². The van der Waals surface area contributed by atoms with E-state index in [0.29, 0.717) is 41.9 Å². The Labute approximate surface area is 181 Å². The number of hydrogen-bond donors (Lipinski definition) is 0. The first-order valence-electron chi connectivity index (χ1n) is 9.97. The van der Waals surface area contributed by atoms with Crippen LogP contribution in [-0.2, 0) is 0 Å². The summed E-state index contributed by atoms with van der Waals surface area (Å²) >= 11 is 6.11. The van der Waals surface area contributed by atoms with Crippen LogP contribution in [0.4, 0.5) is 0 Å². The molecule has 1 saturated heterocycles. The van der Waals surface area contributed by atoms with Gasteiger partial charge in [0.1, 0.15) is 12.4 Å². The molecule has 1 fully saturated rings. The van der Waals surface area contributed by atoms with Crippen LogP contribution in [0.3, 0.4) is 0 Å². The predicted molar refractivity (Wildman–Crippen MR) is 117 cm³/mol. The Morgan fingerprint density at radius 1 is 0.933 bits per heavy atom. The lowest BCUT2D eigenvalue weighted by Crippen LogP contribution is -2.49. The summed E-state index contributed by atoms with van der Waals surface area (Å²) in [6.07, 6.45) is 3.23. The van der Waals surface area contributed by atoms with Crippen LogP contribution in [0, 0.1) is 0 Å². The number of nitrogens with zero attached hydrogens (tertiary/aromatic N) is 4. The second-order valence-electron chi connectivity index (χ2n) is 7.07. The predicted octanol–water partition coefficient (Wildman–Crippen LogP) is 3.63. The van der Waals surface area contributed by atoms with E-state index in [2.05, 4.69) is 14.9 Å². The highest BCUT2D eigenvalue weighted by Crippen LogP contribution is 2.23. The van der Waals surface area contributed by atoms with Crippen molar-refractivity contribution in [2.75, 3.05) is 39.3 Å². The highest BCUT2D eigenvalue weighted by molar-refractivity contribution is 6.32. The molecule has 4 rings (SSSR count). The topological polar surface area (TPSA) is 58.6 Å². The van der Waals surface area contributed by atoms with Gasteiger partial charge >= 0.3 is 0 Å². The van der Waals surface area contributed by atoms with Gasteiger partial charge in [0.15, 0.2) is 5.82 Å². The summed E-state index contributed by atoms with van der Waals surface area (Å²) in [5.41, 5.74) is 1.45. The molecule has 1 aliphatic heterocycles. The quantitative estimate of drug-likeness (QED) is 0.607. The van der Waals surface area contributed by atoms with E-state index in [1.165, 1.54) is 0 Å². The van der Waals surface area contributed by atoms with Gasteiger partial charge in [0.05, 0.1) is 10.6 Å². The minimum Gasteiger partial charge on any atom is -0.491 e. The van der Waals surface area contributed by atoms with E-state index in [0.717, 1.165) is 25.2 Å². The molecule has 0 radical (unpaired) electrons. The summed E-state index contributed by atoms with van der Waals surface area (Å²) in [5, 5.41) is 0.619. The SMILES string of the molecule is O=C(c1cnc(-c2ccccc2)nc1)N1CCN(CCOc2ccccc2Cl)CC1. The number of ether oxygens (including phenoxy) is 1. The molecule has 0 spiro atoms. The van der Waals surface area contributed by atoms with Crippen LogP contribution in [0.5, 0.6) is 5.75 Å². The second kappa shape index (κ2) is 9.69. The molecule has 0 aliphatic carbocycles. The molecule has 3 aromatic rings. The zero-order valence-electron chi connectivity index (χ0n) is 16.6. The summed E-state index contributed by atoms with van der Waals surface area (Å²) in [4.78, 5) is 25.6. The summed E-state index contributed by atoms with van der Waals surface area (Å²) < 4.78 is 5.76. The Balaban J connectivity index is 1.25. The number of para-hydroxylation sites is 1. The average molecular weight is 423 g/mol. The Hall–Kier alpha value is -2.96. The van der Waals surface area contributed by atoms with Crippen molar-refractivity contribution in [3.8, 4) is 17.1 Å². The molecule has 1 amide bonds. The summed E-state index contributed by atoms with van der Waals surface area (Å²) in [7, 11) is 0. The molecule has 7 heteroatoms. The number of hydrogen-bond acceptors (Lipinski definition) is 5. The molecule has 0 atom stereocenters. The maximum Gasteiger partial charge on any atom is 0.257 e. The smallest absolute Gasteiger partial charge is 0.257 e. The maximum absolute atomic E-state index is 12.8. The third kappa shape index (κ3) is 4.96. The number of aromatic nitrogens is 2. The minimum atomic E-state index is -0.0263. The standard InChI is InChI=1S/C23H23ClN4O2/c24-20-8-4-5-9-21(20)30-15-14-27-10-12-28(13-11-27)23(29)19-16-25-22(26-17-19)18-6-2-1-3-7-18/h1-9,16-17H,10-15H2. The maximum atomic E-state index is 12.8. The first kappa shape index (κ1) is 20.3. The van der Waals surface area contributed by atoms with Gasteiger partial charge in [0.25, 0.3) is 5.91 Å². The van der Waals surface area contributed by atoms with Crippen LogP contribution in [0.2, 0.25) is 5.02 Å². The van der Waals surface area contributed by atoms with Gasteiger partial charge in [0, 0.05) is 50.7 Å². The second-order valence-corrected chi connectivity index (χ2v) is 7.48. The van der Waals surface area contributed by atoms with Gasteiger partial charge in [-0.1, -0.05) is 54.1 Å². The van der Waals surface area contributed by atoms with Gasteiger partial charge in [-0.05, 0) is 12.1 Å². The summed E-state index contributed by atoms with van der Waals surface area (Å²) in [6.45, 7) is 4.31. The molecule has 0 unspecified atom stereocenters. The van der Waals surface area contributed by atoms with Crippen molar-refractivity contribution in [1.29, 1.82) is 0 Å². The van der Waals surface area contributed by atoms with E-state index < -0.39 is 0 Å². The van der Waals surface area contributed by atoms with E-state index in [-0.39, 0.29) is 5.91 Å². The van der Waals surface area contributed by atoms with Gasteiger partial charge in [-0.25, -0.2) is 9.97 Å². The Kier molecular flexibility index (Phi) is 6.57. The number of carbonyl (C=O) groups excluding carboxylic acids is 1. The van der Waals surface area contributed by atoms with Crippen LogP contribution in [0.15, 0.2) is 67.0 Å². The molecule has 30 heavy (non-hydrogen) atoms. The lowest BCUT2D eigenvalue weighted by atomic mass is 10.2. The van der Waals surface area contributed by atoms with Crippen molar-refractivity contribution in [2.24, 2.45) is 0 Å². The molecule has 6 nitrogen and oxygen atoms in total. The van der Waals surface area contributed by atoms with Crippen molar-refractivity contribution in [2.45, 2.75) is 0 Å². The molecule has 1 aliphatic rings. The fourth-order valence-electron chi connectivity index (χ4n) is 3.38. The molecule has 154 valence electrons. The highest BCUT2D eigenvalue weighted by atomic mass is 35.5. The van der Waals surface area contributed by atoms with Crippen molar-refractivity contribution >= 4 is 17.5 Å². The average Bonchev–Trinajstić information content (AvgIpc) is 2.81. The number of rotatable bonds is 6. The van der Waals surface area contributed by atoms with Crippen LogP contribution < -0.4 is 4.74 Å². The minimum absolute atomic E-state index is 0.0263. The van der Waals surface area contributed by atoms with Crippen molar-refractivity contribution < 1.29 is 9.53 Å². The van der Waals surface area contributed by atoms with Gasteiger partial charge in [-0.2, -0.15) is 0 Å². The Morgan fingerprint density at radius 3 is 2.30 bits per heavy atom. The number of piperazine rings is 1. The molecular weight excluding hydrogens is 400 g/mol. The molecule has 2 heterocycles. The third-order valence-electron chi connectivity index (χ3n) is 5.09. The molecule has 0 saturated carbocycles. The van der Waals surface area contributed by atoms with Crippen LogP contribution >= 0.6 is 11.6 Å². The van der Waals surface area contributed by atoms with Gasteiger partial charge in [-0.3, -0.25) is 9.69 Å². The third-order valence-corrected chi connectivity index (χ3v) is 5.40. The molecule has 2 aromatic carbocycles. The zero-order valence-corrected chi connectivity index (χ0v) is 17.3. The van der Waals surface area contributed by atoms with E-state index in [1.54, 1.807) is 12.4 Å². The van der Waals surface area contributed by atoms with Crippen LogP contribution in [-0.4, -0.2) is 65.0 Å². The largest absolute Gasteiger partial charge is 0.491 e. The highest BCUT2D eigenvalue weighted by Gasteiger charge is 2.22. The Morgan fingerprint density at radius 2 is 1.60 bits per heavy atom. The fourth-order valence-corrected chi connectivity index (χ4v) is 3.57. The molecular formula is C23H23ClN4O2. The lowest BCUT2D eigenvalue weighted by Gasteiger charge is -2.34. The number of amides is 1. The fraction of sp³-hybridized carbons (Fsp3) is 0.261. The molecule has 0 bridgehead atoms. The van der Waals surface area contributed by atoms with Crippen molar-refractivity contribution in [3.05, 3.63) is 77.6 Å². The van der Waals surface area contributed by atoms with Crippen molar-refractivity contribution in [3.63, 3.8) is 0 Å². The summed E-state index contributed by atoms with van der Waals surface area (Å²) in [5.74, 6) is 1.30. The van der Waals surface area contributed by atoms with E-state index in [4.69, 9.17) is 16.3 Å². The number of benzene rings is 2. The van der Waals surface area contributed by atoms with E-state index in [1.807, 2.05) is 59.5 Å². The van der Waals surface area contributed by atoms with Crippen LogP contribution in [0.25, 0.3) is 11.4 Å². The normalized spacial score (nSPS) is 14.5. The number of halogens is 1. The lowest BCUT2D eigenvalue weighted by molar-refractivity contribution is 0.0619. The van der Waals surface area contributed by atoms with E-state index in [9.17, 15) is 4.79 Å².